The van der Waals surface area contributed by atoms with E-state index in [-0.39, 0.29) is 18.1 Å². The molecule has 0 N–H and O–H groups in total. The summed E-state index contributed by atoms with van der Waals surface area (Å²) in [6, 6.07) is 8.48. The highest BCUT2D eigenvalue weighted by Gasteiger charge is 2.21. The summed E-state index contributed by atoms with van der Waals surface area (Å²) >= 11 is 0. The lowest BCUT2D eigenvalue weighted by Crippen LogP contribution is -2.36. The van der Waals surface area contributed by atoms with Gasteiger partial charge in [-0.25, -0.2) is 9.37 Å². The summed E-state index contributed by atoms with van der Waals surface area (Å²) in [6.45, 7) is 4.70. The number of aromatic nitrogens is 2. The van der Waals surface area contributed by atoms with E-state index in [9.17, 15) is 9.18 Å². The molecule has 0 bridgehead atoms. The summed E-state index contributed by atoms with van der Waals surface area (Å²) in [5, 5.41) is 0. The second-order valence-corrected chi connectivity index (χ2v) is 6.38. The maximum atomic E-state index is 13.3. The van der Waals surface area contributed by atoms with Crippen LogP contribution in [0.25, 0.3) is 0 Å². The first-order valence-electron chi connectivity index (χ1n) is 8.72. The molecule has 1 aromatic heterocycles. The van der Waals surface area contributed by atoms with Crippen LogP contribution in [-0.2, 0) is 11.2 Å². The van der Waals surface area contributed by atoms with Gasteiger partial charge in [0.1, 0.15) is 11.6 Å². The van der Waals surface area contributed by atoms with E-state index in [1.165, 1.54) is 12.1 Å². The van der Waals surface area contributed by atoms with Crippen molar-refractivity contribution in [2.75, 3.05) is 38.2 Å². The van der Waals surface area contributed by atoms with E-state index in [2.05, 4.69) is 14.9 Å². The van der Waals surface area contributed by atoms with E-state index in [1.54, 1.807) is 19.2 Å². The van der Waals surface area contributed by atoms with Crippen LogP contribution in [0.1, 0.15) is 17.7 Å². The Kier molecular flexibility index (Phi) is 5.65. The Bertz CT molecular complexity index is 784. The smallest absolute Gasteiger partial charge is 0.318 e. The minimum atomic E-state index is -0.314. The van der Waals surface area contributed by atoms with E-state index in [4.69, 9.17) is 4.74 Å². The number of methoxy groups -OCH3 is 1. The summed E-state index contributed by atoms with van der Waals surface area (Å²) < 4.78 is 18.5. The lowest BCUT2D eigenvalue weighted by molar-refractivity contribution is -0.130. The Hall–Kier alpha value is -2.70. The molecule has 1 fully saturated rings. The van der Waals surface area contributed by atoms with Crippen molar-refractivity contribution in [2.45, 2.75) is 19.8 Å². The quantitative estimate of drug-likeness (QED) is 0.839. The summed E-state index contributed by atoms with van der Waals surface area (Å²) in [7, 11) is 1.55. The molecule has 2 heterocycles. The molecular weight excluding hydrogens is 335 g/mol. The van der Waals surface area contributed by atoms with Crippen molar-refractivity contribution in [1.82, 2.24) is 14.9 Å². The molecule has 0 unspecified atom stereocenters. The molecule has 1 aliphatic heterocycles. The van der Waals surface area contributed by atoms with E-state index >= 15 is 0 Å². The topological polar surface area (TPSA) is 58.6 Å². The second kappa shape index (κ2) is 8.12. The van der Waals surface area contributed by atoms with Crippen LogP contribution in [0.5, 0.6) is 6.01 Å². The molecule has 0 radical (unpaired) electrons. The van der Waals surface area contributed by atoms with Gasteiger partial charge in [-0.05, 0) is 31.0 Å². The molecule has 2 aromatic rings. The maximum absolute atomic E-state index is 13.3. The van der Waals surface area contributed by atoms with Crippen molar-refractivity contribution < 1.29 is 13.9 Å². The predicted molar refractivity (Wildman–Crippen MR) is 96.8 cm³/mol. The fourth-order valence-electron chi connectivity index (χ4n) is 3.11. The minimum Gasteiger partial charge on any atom is -0.467 e. The van der Waals surface area contributed by atoms with Gasteiger partial charge >= 0.3 is 6.01 Å². The average molecular weight is 358 g/mol. The van der Waals surface area contributed by atoms with E-state index in [1.807, 2.05) is 17.9 Å². The highest BCUT2D eigenvalue weighted by Crippen LogP contribution is 2.18. The molecule has 6 nitrogen and oxygen atoms in total. The molecule has 0 aliphatic carbocycles. The molecular formula is C19H23FN4O2. The van der Waals surface area contributed by atoms with E-state index in [0.29, 0.717) is 31.2 Å². The molecule has 1 amide bonds. The summed E-state index contributed by atoms with van der Waals surface area (Å²) in [4.78, 5) is 25.2. The van der Waals surface area contributed by atoms with E-state index in [0.717, 1.165) is 24.5 Å². The summed E-state index contributed by atoms with van der Waals surface area (Å²) in [6.07, 6.45) is 1.07. The number of hydrogen-bond acceptors (Lipinski definition) is 5. The number of hydrogen-bond donors (Lipinski definition) is 0. The van der Waals surface area contributed by atoms with Gasteiger partial charge in [0.05, 0.1) is 13.5 Å². The fraction of sp³-hybridized carbons (Fsp3) is 0.421. The SMILES string of the molecule is COc1nc(C)cc(N2CCCN(C(=O)Cc3cccc(F)c3)CC2)n1. The number of aryl methyl sites for hydroxylation is 1. The Balaban J connectivity index is 1.64. The van der Waals surface area contributed by atoms with Gasteiger partial charge in [0, 0.05) is 37.9 Å². The third kappa shape index (κ3) is 4.47. The number of nitrogens with zero attached hydrogens (tertiary/aromatic N) is 4. The van der Waals surface area contributed by atoms with Crippen molar-refractivity contribution in [3.63, 3.8) is 0 Å². The Morgan fingerprint density at radius 2 is 2.04 bits per heavy atom. The number of benzene rings is 1. The first-order valence-corrected chi connectivity index (χ1v) is 8.72. The Morgan fingerprint density at radius 3 is 2.81 bits per heavy atom. The number of rotatable bonds is 4. The Labute approximate surface area is 152 Å². The number of halogens is 1. The second-order valence-electron chi connectivity index (χ2n) is 6.38. The van der Waals surface area contributed by atoms with Crippen molar-refractivity contribution >= 4 is 11.7 Å². The molecule has 26 heavy (non-hydrogen) atoms. The van der Waals surface area contributed by atoms with Gasteiger partial charge in [0.2, 0.25) is 5.91 Å². The molecule has 1 aliphatic rings. The maximum Gasteiger partial charge on any atom is 0.318 e. The molecule has 3 rings (SSSR count). The number of amides is 1. The molecule has 138 valence electrons. The molecule has 0 atom stereocenters. The first-order chi connectivity index (χ1) is 12.5. The zero-order chi connectivity index (χ0) is 18.5. The van der Waals surface area contributed by atoms with Crippen LogP contribution in [0.4, 0.5) is 10.2 Å². The number of carbonyl (C=O) groups excluding carboxylic acids is 1. The number of ether oxygens (including phenoxy) is 1. The van der Waals surface area contributed by atoms with Crippen LogP contribution in [0.3, 0.4) is 0 Å². The largest absolute Gasteiger partial charge is 0.467 e. The highest BCUT2D eigenvalue weighted by atomic mass is 19.1. The molecule has 7 heteroatoms. The molecule has 1 aromatic carbocycles. The van der Waals surface area contributed by atoms with Crippen LogP contribution in [-0.4, -0.2) is 54.1 Å². The molecule has 1 saturated heterocycles. The van der Waals surface area contributed by atoms with Gasteiger partial charge in [-0.1, -0.05) is 12.1 Å². The van der Waals surface area contributed by atoms with Gasteiger partial charge in [0.25, 0.3) is 0 Å². The zero-order valence-corrected chi connectivity index (χ0v) is 15.1. The molecule has 0 saturated carbocycles. The van der Waals surface area contributed by atoms with Gasteiger partial charge < -0.3 is 14.5 Å². The fourth-order valence-corrected chi connectivity index (χ4v) is 3.11. The van der Waals surface area contributed by atoms with E-state index < -0.39 is 0 Å². The predicted octanol–water partition coefficient (Wildman–Crippen LogP) is 2.21. The number of anilines is 1. The first kappa shape index (κ1) is 18.1. The van der Waals surface area contributed by atoms with Crippen molar-refractivity contribution in [1.29, 1.82) is 0 Å². The lowest BCUT2D eigenvalue weighted by atomic mass is 10.1. The van der Waals surface area contributed by atoms with Crippen LogP contribution < -0.4 is 9.64 Å². The van der Waals surface area contributed by atoms with Crippen molar-refractivity contribution in [3.8, 4) is 6.01 Å². The average Bonchev–Trinajstić information content (AvgIpc) is 2.87. The monoisotopic (exact) mass is 358 g/mol. The highest BCUT2D eigenvalue weighted by molar-refractivity contribution is 5.78. The van der Waals surface area contributed by atoms with Crippen molar-refractivity contribution in [3.05, 3.63) is 47.4 Å². The van der Waals surface area contributed by atoms with Crippen LogP contribution in [0.2, 0.25) is 0 Å². The number of carbonyl (C=O) groups is 1. The summed E-state index contributed by atoms with van der Waals surface area (Å²) in [5.41, 5.74) is 1.54. The summed E-state index contributed by atoms with van der Waals surface area (Å²) in [5.74, 6) is 0.521. The standard InChI is InChI=1S/C19H23FN4O2/c1-14-11-17(22-19(21-14)26-2)23-7-4-8-24(10-9-23)18(25)13-15-5-3-6-16(20)12-15/h3,5-6,11-12H,4,7-10,13H2,1-2H3. The normalized spacial score (nSPS) is 14.9. The zero-order valence-electron chi connectivity index (χ0n) is 15.1. The van der Waals surface area contributed by atoms with Crippen LogP contribution >= 0.6 is 0 Å². The van der Waals surface area contributed by atoms with Crippen molar-refractivity contribution in [2.24, 2.45) is 0 Å². The van der Waals surface area contributed by atoms with Gasteiger partial charge in [-0.2, -0.15) is 4.98 Å². The van der Waals surface area contributed by atoms with Gasteiger partial charge in [-0.15, -0.1) is 0 Å². The minimum absolute atomic E-state index is 0.0221. The molecule has 0 spiro atoms. The van der Waals surface area contributed by atoms with Gasteiger partial charge in [-0.3, -0.25) is 4.79 Å². The van der Waals surface area contributed by atoms with Gasteiger partial charge in [0.15, 0.2) is 0 Å². The van der Waals surface area contributed by atoms with Crippen LogP contribution in [0.15, 0.2) is 30.3 Å². The third-order valence-corrected chi connectivity index (χ3v) is 4.42. The third-order valence-electron chi connectivity index (χ3n) is 4.42. The Morgan fingerprint density at radius 1 is 1.19 bits per heavy atom. The lowest BCUT2D eigenvalue weighted by Gasteiger charge is -2.23. The van der Waals surface area contributed by atoms with Crippen LogP contribution in [0, 0.1) is 12.7 Å².